The van der Waals surface area contributed by atoms with E-state index in [2.05, 4.69) is 31.9 Å². The van der Waals surface area contributed by atoms with E-state index in [0.29, 0.717) is 12.1 Å². The number of alkyl halides is 9. The Balaban J connectivity index is 2.40. The number of nitrogens with zero attached hydrogens (tertiary/aromatic N) is 1. The molecule has 1 atom stereocenters. The first kappa shape index (κ1) is 32.8. The van der Waals surface area contributed by atoms with Gasteiger partial charge in [0, 0.05) is 40.0 Å². The summed E-state index contributed by atoms with van der Waals surface area (Å²) in [6.45, 7) is -1.63. The van der Waals surface area contributed by atoms with Crippen LogP contribution in [0.1, 0.15) is 45.8 Å². The fraction of sp³-hybridized carbons (Fsp3) is 0.333. The Kier molecular flexibility index (Phi) is 10.4. The van der Waals surface area contributed by atoms with Gasteiger partial charge in [0.1, 0.15) is 18.3 Å². The highest BCUT2D eigenvalue weighted by molar-refractivity contribution is 9.11. The third-order valence-corrected chi connectivity index (χ3v) is 6.13. The molecule has 214 valence electrons. The smallest absolute Gasteiger partial charge is 0.337 e. The van der Waals surface area contributed by atoms with Crippen LogP contribution in [-0.2, 0) is 11.0 Å². The molecule has 3 nitrogen and oxygen atoms in total. The van der Waals surface area contributed by atoms with Gasteiger partial charge in [0.05, 0.1) is 5.56 Å². The largest absolute Gasteiger partial charge is 0.417 e. The zero-order valence-electron chi connectivity index (χ0n) is 19.5. The second-order valence-corrected chi connectivity index (χ2v) is 10.1. The Labute approximate surface area is 232 Å². The summed E-state index contributed by atoms with van der Waals surface area (Å²) in [6.07, 6.45) is -16.6. The molecule has 0 aliphatic carbocycles. The van der Waals surface area contributed by atoms with Gasteiger partial charge in [-0.1, -0.05) is 44.0 Å². The molecule has 39 heavy (non-hydrogen) atoms. The number of carbonyl (C=O) groups is 2. The van der Waals surface area contributed by atoms with Gasteiger partial charge in [-0.25, -0.2) is 4.39 Å². The van der Waals surface area contributed by atoms with E-state index in [9.17, 15) is 53.5 Å². The maximum Gasteiger partial charge on any atom is 0.417 e. The highest BCUT2D eigenvalue weighted by Gasteiger charge is 2.41. The minimum absolute atomic E-state index is 0.0976. The monoisotopic (exact) mass is 699 g/mol. The molecule has 0 saturated carbocycles. The molecule has 0 aromatic heterocycles. The molecule has 2 rings (SSSR count). The average Bonchev–Trinajstić information content (AvgIpc) is 2.77. The molecule has 0 radical (unpaired) electrons. The van der Waals surface area contributed by atoms with Crippen LogP contribution in [0.25, 0.3) is 5.83 Å². The van der Waals surface area contributed by atoms with Crippen LogP contribution in [-0.4, -0.2) is 42.5 Å². The summed E-state index contributed by atoms with van der Waals surface area (Å²) in [6, 6.07) is 4.89. The lowest BCUT2D eigenvalue weighted by Gasteiger charge is -2.19. The Morgan fingerprint density at radius 3 is 1.95 bits per heavy atom. The second kappa shape index (κ2) is 12.4. The quantitative estimate of drug-likeness (QED) is 0.204. The molecule has 0 N–H and O–H groups in total. The summed E-state index contributed by atoms with van der Waals surface area (Å²) in [5.41, 5.74) is -4.02. The third kappa shape index (κ3) is 9.62. The normalized spacial score (nSPS) is 13.8. The SMILES string of the molecule is CN(CC(F)(F)F)C(=O)CCC(=O)c1ccc(/C(F)=C/C(c2cc(Br)cc(Br)c2)C(F)(F)F)cc1C(F)(F)F. The lowest BCUT2D eigenvalue weighted by Crippen LogP contribution is -2.35. The van der Waals surface area contributed by atoms with E-state index in [0.717, 1.165) is 19.2 Å². The maximum atomic E-state index is 14.9. The van der Waals surface area contributed by atoms with Crippen LogP contribution in [0.4, 0.5) is 43.9 Å². The van der Waals surface area contributed by atoms with E-state index in [1.165, 1.54) is 6.07 Å². The first-order valence-electron chi connectivity index (χ1n) is 10.6. The van der Waals surface area contributed by atoms with Gasteiger partial charge in [-0.15, -0.1) is 0 Å². The number of ketones is 1. The van der Waals surface area contributed by atoms with Gasteiger partial charge in [-0.2, -0.15) is 39.5 Å². The maximum absolute atomic E-state index is 14.9. The predicted octanol–water partition coefficient (Wildman–Crippen LogP) is 8.87. The van der Waals surface area contributed by atoms with Crippen molar-refractivity contribution >= 4 is 49.4 Å². The highest BCUT2D eigenvalue weighted by atomic mass is 79.9. The van der Waals surface area contributed by atoms with Crippen molar-refractivity contribution in [2.24, 2.45) is 0 Å². The van der Waals surface area contributed by atoms with Gasteiger partial charge in [-0.05, 0) is 35.9 Å². The van der Waals surface area contributed by atoms with Gasteiger partial charge in [0.15, 0.2) is 5.78 Å². The van der Waals surface area contributed by atoms with Crippen molar-refractivity contribution in [1.82, 2.24) is 4.90 Å². The van der Waals surface area contributed by atoms with Crippen LogP contribution >= 0.6 is 31.9 Å². The summed E-state index contributed by atoms with van der Waals surface area (Å²) in [5, 5.41) is 0. The molecule has 0 fully saturated rings. The van der Waals surface area contributed by atoms with Gasteiger partial charge in [-0.3, -0.25) is 9.59 Å². The number of allylic oxidation sites excluding steroid dienone is 1. The topological polar surface area (TPSA) is 37.4 Å². The average molecular weight is 701 g/mol. The molecule has 2 aromatic carbocycles. The third-order valence-electron chi connectivity index (χ3n) is 5.22. The number of hydrogen-bond acceptors (Lipinski definition) is 2. The number of halogens is 12. The van der Waals surface area contributed by atoms with Crippen LogP contribution in [0.5, 0.6) is 0 Å². The van der Waals surface area contributed by atoms with Crippen LogP contribution < -0.4 is 0 Å². The van der Waals surface area contributed by atoms with Crippen LogP contribution in [0.3, 0.4) is 0 Å². The minimum atomic E-state index is -5.25. The molecule has 0 bridgehead atoms. The lowest BCUT2D eigenvalue weighted by molar-refractivity contribution is -0.158. The molecule has 0 heterocycles. The van der Waals surface area contributed by atoms with Crippen molar-refractivity contribution in [3.05, 3.63) is 73.7 Å². The number of benzene rings is 2. The molecule has 15 heteroatoms. The zero-order chi connectivity index (χ0) is 29.9. The minimum Gasteiger partial charge on any atom is -0.337 e. The van der Waals surface area contributed by atoms with Crippen molar-refractivity contribution in [2.45, 2.75) is 37.3 Å². The molecule has 0 aliphatic heterocycles. The zero-order valence-corrected chi connectivity index (χ0v) is 22.7. The number of hydrogen-bond donors (Lipinski definition) is 0. The number of carbonyl (C=O) groups excluding carboxylic acids is 2. The van der Waals surface area contributed by atoms with Crippen molar-refractivity contribution in [1.29, 1.82) is 0 Å². The highest BCUT2D eigenvalue weighted by Crippen LogP contribution is 2.41. The van der Waals surface area contributed by atoms with E-state index < -0.39 is 83.6 Å². The fourth-order valence-electron chi connectivity index (χ4n) is 3.45. The standard InChI is InChI=1S/C24H17Br2F10NO2/c1-37(11-22(28,29)30)21(39)5-4-20(38)16-3-2-12(8-18(16)24(34,35)36)19(27)10-17(23(31,32)33)13-6-14(25)9-15(26)7-13/h2-3,6-10,17H,4-5,11H2,1H3/b19-10-. The van der Waals surface area contributed by atoms with Crippen LogP contribution in [0.15, 0.2) is 51.4 Å². The van der Waals surface area contributed by atoms with E-state index in [1.54, 1.807) is 0 Å². The van der Waals surface area contributed by atoms with Gasteiger partial charge in [0.25, 0.3) is 0 Å². The van der Waals surface area contributed by atoms with Crippen molar-refractivity contribution in [2.75, 3.05) is 13.6 Å². The Morgan fingerprint density at radius 2 is 1.46 bits per heavy atom. The molecular formula is C24H17Br2F10NO2. The van der Waals surface area contributed by atoms with Gasteiger partial charge < -0.3 is 4.90 Å². The molecule has 2 aromatic rings. The molecule has 0 saturated heterocycles. The lowest BCUT2D eigenvalue weighted by atomic mass is 9.94. The van der Waals surface area contributed by atoms with Crippen molar-refractivity contribution < 1.29 is 53.5 Å². The molecule has 1 unspecified atom stereocenters. The summed E-state index contributed by atoms with van der Waals surface area (Å²) in [5.74, 6) is -6.63. The summed E-state index contributed by atoms with van der Waals surface area (Å²) < 4.78 is 135. The molecule has 0 aliphatic rings. The summed E-state index contributed by atoms with van der Waals surface area (Å²) in [4.78, 5) is 24.5. The van der Waals surface area contributed by atoms with E-state index in [1.807, 2.05) is 0 Å². The van der Waals surface area contributed by atoms with Crippen LogP contribution in [0.2, 0.25) is 0 Å². The summed E-state index contributed by atoms with van der Waals surface area (Å²) in [7, 11) is 0.798. The van der Waals surface area contributed by atoms with Crippen molar-refractivity contribution in [3.8, 4) is 0 Å². The van der Waals surface area contributed by atoms with Gasteiger partial charge in [0.2, 0.25) is 5.91 Å². The number of rotatable bonds is 8. The Bertz CT molecular complexity index is 1230. The number of amides is 1. The van der Waals surface area contributed by atoms with E-state index in [4.69, 9.17) is 0 Å². The van der Waals surface area contributed by atoms with E-state index in [-0.39, 0.29) is 26.0 Å². The Hall–Kier alpha value is -2.42. The number of Topliss-reactive ketones (excluding diaryl/α,β-unsaturated/α-hetero) is 1. The first-order chi connectivity index (χ1) is 17.7. The first-order valence-corrected chi connectivity index (χ1v) is 12.2. The van der Waals surface area contributed by atoms with E-state index >= 15 is 0 Å². The van der Waals surface area contributed by atoms with Gasteiger partial charge >= 0.3 is 18.5 Å². The Morgan fingerprint density at radius 1 is 0.897 bits per heavy atom. The summed E-state index contributed by atoms with van der Waals surface area (Å²) >= 11 is 6.02. The van der Waals surface area contributed by atoms with Crippen LogP contribution in [0, 0.1) is 0 Å². The fourth-order valence-corrected chi connectivity index (χ4v) is 4.78. The molecular weight excluding hydrogens is 684 g/mol. The molecule has 0 spiro atoms. The molecule has 1 amide bonds. The van der Waals surface area contributed by atoms with Crippen molar-refractivity contribution in [3.63, 3.8) is 0 Å². The second-order valence-electron chi connectivity index (χ2n) is 8.28. The predicted molar refractivity (Wildman–Crippen MR) is 128 cm³/mol.